The number of carbonyl (C=O) groups is 2. The number of nitrogens with zero attached hydrogens (tertiary/aromatic N) is 4. The molecule has 0 aromatic carbocycles. The van der Waals surface area contributed by atoms with Gasteiger partial charge in [-0.1, -0.05) is 26.7 Å². The van der Waals surface area contributed by atoms with Gasteiger partial charge in [-0.3, -0.25) is 27.7 Å². The molecule has 11 N–H and O–H groups in total. The Hall–Kier alpha value is -2.15. The van der Waals surface area contributed by atoms with Crippen LogP contribution in [0.5, 0.6) is 0 Å². The predicted octanol–water partition coefficient (Wildman–Crippen LogP) is -0.309. The first-order chi connectivity index (χ1) is 25.7. The molecule has 0 spiro atoms. The van der Waals surface area contributed by atoms with Crippen LogP contribution in [-0.2, 0) is 45.9 Å². The van der Waals surface area contributed by atoms with Crippen LogP contribution in [0.1, 0.15) is 52.2 Å². The molecule has 28 heteroatoms. The monoisotopic (exact) mass is 867 g/mol. The Kier molecular flexibility index (Phi) is 18.1. The highest BCUT2D eigenvalue weighted by Gasteiger charge is 2.50. The molecule has 3 heterocycles. The topological polar surface area (TPSA) is 367 Å². The smallest absolute Gasteiger partial charge is 0.396 e. The molecule has 7 atom stereocenters. The van der Waals surface area contributed by atoms with Crippen molar-refractivity contribution < 1.29 is 80.8 Å². The number of phosphoric ester groups is 3. The van der Waals surface area contributed by atoms with Gasteiger partial charge in [-0.15, -0.1) is 0 Å². The first-order valence-electron chi connectivity index (χ1n) is 16.7. The van der Waals surface area contributed by atoms with E-state index < -0.39 is 78.6 Å². The third kappa shape index (κ3) is 15.3. The lowest BCUT2D eigenvalue weighted by Crippen LogP contribution is -2.46. The zero-order chi connectivity index (χ0) is 41.0. The molecule has 1 saturated heterocycles. The first-order valence-corrected chi connectivity index (χ1v) is 22.4. The van der Waals surface area contributed by atoms with Crippen molar-refractivity contribution in [2.45, 2.75) is 76.6 Å². The summed E-state index contributed by atoms with van der Waals surface area (Å²) in [6, 6.07) is 0. The number of nitrogen functional groups attached to an aromatic ring is 1. The molecule has 24 nitrogen and oxygen atoms in total. The summed E-state index contributed by atoms with van der Waals surface area (Å²) in [5, 5.41) is 35.3. The van der Waals surface area contributed by atoms with Gasteiger partial charge >= 0.3 is 23.5 Å². The summed E-state index contributed by atoms with van der Waals surface area (Å²) < 4.78 is 62.1. The van der Waals surface area contributed by atoms with Gasteiger partial charge in [0, 0.05) is 37.3 Å². The molecule has 0 radical (unpaired) electrons. The normalized spacial score (nSPS) is 21.9. The van der Waals surface area contributed by atoms with E-state index in [9.17, 15) is 53.1 Å². The van der Waals surface area contributed by atoms with E-state index in [0.717, 1.165) is 48.7 Å². The molecule has 0 bridgehead atoms. The maximum Gasteiger partial charge on any atom is 0.481 e. The van der Waals surface area contributed by atoms with Gasteiger partial charge in [0.05, 0.1) is 19.5 Å². The van der Waals surface area contributed by atoms with Gasteiger partial charge in [0.15, 0.2) is 17.7 Å². The van der Waals surface area contributed by atoms with Gasteiger partial charge in [-0.25, -0.2) is 28.6 Å². The summed E-state index contributed by atoms with van der Waals surface area (Å²) in [5.74, 6) is 0.328. The van der Waals surface area contributed by atoms with Crippen molar-refractivity contribution in [1.29, 1.82) is 0 Å². The number of aliphatic hydroxyl groups excluding tert-OH is 3. The van der Waals surface area contributed by atoms with Crippen LogP contribution in [0.4, 0.5) is 5.82 Å². The SMILES string of the molecule is CC(C)(COP(=O)(O)OP(=O)(O)OC[C@H]1O[C@@H](n2cnc3c(N)ncnc32)[C@H](O)[C@@H]1OP(=O)(O)O)C(O)C(=O)NCCC(=O)NCCSCCCCCCO. The number of phosphoric acid groups is 3. The van der Waals surface area contributed by atoms with Crippen LogP contribution in [0.3, 0.4) is 0 Å². The van der Waals surface area contributed by atoms with E-state index in [-0.39, 0.29) is 42.5 Å². The lowest BCUT2D eigenvalue weighted by Gasteiger charge is -2.30. The van der Waals surface area contributed by atoms with Crippen molar-refractivity contribution in [3.05, 3.63) is 12.7 Å². The molecule has 3 unspecified atom stereocenters. The van der Waals surface area contributed by atoms with Crippen molar-refractivity contribution in [2.75, 3.05) is 50.1 Å². The van der Waals surface area contributed by atoms with Gasteiger partial charge in [-0.2, -0.15) is 16.1 Å². The molecule has 1 aliphatic heterocycles. The maximum atomic E-state index is 12.7. The Morgan fingerprint density at radius 2 is 1.71 bits per heavy atom. The maximum absolute atomic E-state index is 12.7. The lowest BCUT2D eigenvalue weighted by atomic mass is 9.87. The summed E-state index contributed by atoms with van der Waals surface area (Å²) in [7, 11) is -16.3. The van der Waals surface area contributed by atoms with E-state index in [1.165, 1.54) is 13.8 Å². The second-order valence-electron chi connectivity index (χ2n) is 12.8. The number of rotatable bonds is 25. The van der Waals surface area contributed by atoms with E-state index in [4.69, 9.17) is 24.6 Å². The lowest BCUT2D eigenvalue weighted by molar-refractivity contribution is -0.137. The molecule has 0 aliphatic carbocycles. The number of carbonyl (C=O) groups excluding carboxylic acids is 2. The Balaban J connectivity index is 1.47. The number of unbranched alkanes of at least 4 members (excludes halogenated alkanes) is 3. The standard InChI is InChI=1S/C27H48N7O17P3S/c1-27(2,22(38)25(39)30-8-7-18(36)29-9-12-55-11-6-4-3-5-10-35)14-48-54(45,46)51-53(43,44)47-13-17-21(50-52(40,41)42)20(37)26(49-17)34-16-33-19-23(28)31-15-32-24(19)34/h15-17,20-22,26,35,37-38H,3-14H2,1-2H3,(H,29,36)(H,30,39)(H,43,44)(H,45,46)(H2,28,31,32)(H2,40,41,42)/t17-,20-,21-,22?,26-/m1/s1. The molecular weight excluding hydrogens is 819 g/mol. The van der Waals surface area contributed by atoms with Crippen LogP contribution in [0.15, 0.2) is 12.7 Å². The number of aliphatic hydroxyl groups is 3. The van der Waals surface area contributed by atoms with E-state index in [1.54, 1.807) is 11.8 Å². The fourth-order valence-corrected chi connectivity index (χ4v) is 8.66. The fourth-order valence-electron chi connectivity index (χ4n) is 4.97. The van der Waals surface area contributed by atoms with Crippen LogP contribution in [0.2, 0.25) is 0 Å². The minimum atomic E-state index is -5.55. The molecule has 3 rings (SSSR count). The fraction of sp³-hybridized carbons (Fsp3) is 0.741. The van der Waals surface area contributed by atoms with Crippen LogP contribution in [0.25, 0.3) is 11.2 Å². The molecule has 1 fully saturated rings. The number of anilines is 1. The van der Waals surface area contributed by atoms with Crippen molar-refractivity contribution in [3.63, 3.8) is 0 Å². The van der Waals surface area contributed by atoms with Crippen LogP contribution < -0.4 is 16.4 Å². The van der Waals surface area contributed by atoms with E-state index >= 15 is 0 Å². The van der Waals surface area contributed by atoms with Crippen LogP contribution in [-0.4, -0.2) is 135 Å². The number of nitrogens with one attached hydrogen (secondary N) is 2. The van der Waals surface area contributed by atoms with Crippen molar-refractivity contribution >= 4 is 64.0 Å². The van der Waals surface area contributed by atoms with Gasteiger partial charge in [0.25, 0.3) is 0 Å². The molecule has 2 aromatic rings. The number of imidazole rings is 1. The van der Waals surface area contributed by atoms with E-state index in [0.29, 0.717) is 12.3 Å². The second kappa shape index (κ2) is 21.0. The molecule has 55 heavy (non-hydrogen) atoms. The van der Waals surface area contributed by atoms with E-state index in [2.05, 4.69) is 34.4 Å². The summed E-state index contributed by atoms with van der Waals surface area (Å²) in [4.78, 5) is 75.5. The molecule has 1 aliphatic rings. The Labute approximate surface area is 319 Å². The zero-order valence-electron chi connectivity index (χ0n) is 29.9. The predicted molar refractivity (Wildman–Crippen MR) is 193 cm³/mol. The Bertz CT molecular complexity index is 1720. The summed E-state index contributed by atoms with van der Waals surface area (Å²) in [5.41, 5.74) is 4.30. The quantitative estimate of drug-likeness (QED) is 0.0452. The van der Waals surface area contributed by atoms with E-state index in [1.807, 2.05) is 0 Å². The minimum Gasteiger partial charge on any atom is -0.396 e. The molecule has 2 aromatic heterocycles. The average Bonchev–Trinajstić information content (AvgIpc) is 3.65. The number of fused-ring (bicyclic) bond motifs is 1. The second-order valence-corrected chi connectivity index (χ2v) is 18.3. The molecule has 2 amide bonds. The molecular formula is C27H48N7O17P3S. The number of thioether (sulfide) groups is 1. The van der Waals surface area contributed by atoms with Crippen molar-refractivity contribution in [1.82, 2.24) is 30.2 Å². The highest BCUT2D eigenvalue weighted by Crippen LogP contribution is 2.61. The third-order valence-electron chi connectivity index (χ3n) is 7.84. The third-order valence-corrected chi connectivity index (χ3v) is 12.0. The van der Waals surface area contributed by atoms with Crippen molar-refractivity contribution in [3.8, 4) is 0 Å². The largest absolute Gasteiger partial charge is 0.481 e. The summed E-state index contributed by atoms with van der Waals surface area (Å²) >= 11 is 1.68. The highest BCUT2D eigenvalue weighted by molar-refractivity contribution is 7.99. The number of hydrogen-bond acceptors (Lipinski definition) is 18. The number of amides is 2. The number of ether oxygens (including phenoxy) is 1. The average molecular weight is 868 g/mol. The van der Waals surface area contributed by atoms with Crippen LogP contribution in [0, 0.1) is 5.41 Å². The summed E-state index contributed by atoms with van der Waals surface area (Å²) in [6.45, 7) is 1.04. The highest BCUT2D eigenvalue weighted by atomic mass is 32.2. The molecule has 0 saturated carbocycles. The number of nitrogens with two attached hydrogens (primary N) is 1. The zero-order valence-corrected chi connectivity index (χ0v) is 33.4. The first kappa shape index (κ1) is 47.2. The van der Waals surface area contributed by atoms with Gasteiger partial charge in [-0.05, 0) is 18.6 Å². The molecule has 314 valence electrons. The van der Waals surface area contributed by atoms with Crippen LogP contribution >= 0.6 is 35.2 Å². The Morgan fingerprint density at radius 3 is 2.40 bits per heavy atom. The number of aromatic nitrogens is 4. The van der Waals surface area contributed by atoms with Gasteiger partial charge in [0.2, 0.25) is 11.8 Å². The number of hydrogen-bond donors (Lipinski definition) is 10. The Morgan fingerprint density at radius 1 is 1.02 bits per heavy atom. The van der Waals surface area contributed by atoms with Gasteiger partial charge < -0.3 is 56.0 Å². The minimum absolute atomic E-state index is 0.0367. The summed E-state index contributed by atoms with van der Waals surface area (Å²) in [6.07, 6.45) is -2.96. The van der Waals surface area contributed by atoms with Crippen molar-refractivity contribution in [2.24, 2.45) is 5.41 Å². The van der Waals surface area contributed by atoms with Gasteiger partial charge in [0.1, 0.15) is 36.3 Å².